The van der Waals surface area contributed by atoms with Crippen LogP contribution in [0.2, 0.25) is 0 Å². The fraction of sp³-hybridized carbons (Fsp3) is 0.619. The summed E-state index contributed by atoms with van der Waals surface area (Å²) >= 11 is 1.80. The van der Waals surface area contributed by atoms with E-state index in [9.17, 15) is 0 Å². The molecule has 0 bridgehead atoms. The maximum absolute atomic E-state index is 4.49. The van der Waals surface area contributed by atoms with E-state index in [2.05, 4.69) is 41.4 Å². The number of rotatable bonds is 8. The fourth-order valence-electron chi connectivity index (χ4n) is 3.61. The summed E-state index contributed by atoms with van der Waals surface area (Å²) in [6.07, 6.45) is 14.6. The van der Waals surface area contributed by atoms with E-state index in [0.717, 1.165) is 5.01 Å². The van der Waals surface area contributed by atoms with Gasteiger partial charge >= 0.3 is 0 Å². The van der Waals surface area contributed by atoms with Crippen molar-refractivity contribution in [2.24, 2.45) is 0 Å². The molecule has 3 heteroatoms. The van der Waals surface area contributed by atoms with Crippen molar-refractivity contribution in [3.63, 3.8) is 0 Å². The monoisotopic (exact) mass is 342 g/mol. The molecule has 2 nitrogen and oxygen atoms in total. The Morgan fingerprint density at radius 1 is 0.917 bits per heavy atom. The van der Waals surface area contributed by atoms with Crippen LogP contribution < -0.4 is 0 Å². The summed E-state index contributed by atoms with van der Waals surface area (Å²) in [6, 6.07) is 9.01. The van der Waals surface area contributed by atoms with E-state index in [1.165, 1.54) is 86.8 Å². The average molecular weight is 343 g/mol. The molecule has 0 unspecified atom stereocenters. The summed E-state index contributed by atoms with van der Waals surface area (Å²) in [5.74, 6) is 0.660. The zero-order valence-electron chi connectivity index (χ0n) is 15.0. The van der Waals surface area contributed by atoms with Crippen molar-refractivity contribution < 1.29 is 0 Å². The van der Waals surface area contributed by atoms with Crippen LogP contribution in [0.4, 0.5) is 0 Å². The van der Waals surface area contributed by atoms with Crippen molar-refractivity contribution >= 4 is 11.3 Å². The van der Waals surface area contributed by atoms with Crippen LogP contribution >= 0.6 is 11.3 Å². The first-order valence-electron chi connectivity index (χ1n) is 9.79. The zero-order chi connectivity index (χ0) is 16.6. The minimum absolute atomic E-state index is 0.660. The third-order valence-corrected chi connectivity index (χ3v) is 6.30. The molecule has 1 aromatic carbocycles. The van der Waals surface area contributed by atoms with Gasteiger partial charge in [0, 0.05) is 11.5 Å². The Balaban J connectivity index is 1.54. The van der Waals surface area contributed by atoms with Crippen LogP contribution in [0.1, 0.15) is 87.6 Å². The average Bonchev–Trinajstić information content (AvgIpc) is 3.13. The van der Waals surface area contributed by atoms with Crippen molar-refractivity contribution in [2.75, 3.05) is 0 Å². The molecule has 0 amide bonds. The largest absolute Gasteiger partial charge is 0.147 e. The van der Waals surface area contributed by atoms with Gasteiger partial charge in [0.05, 0.1) is 0 Å². The van der Waals surface area contributed by atoms with E-state index in [1.54, 1.807) is 11.3 Å². The molecule has 0 radical (unpaired) electrons. The number of hydrogen-bond acceptors (Lipinski definition) is 3. The molecule has 0 spiro atoms. The van der Waals surface area contributed by atoms with Crippen LogP contribution in [-0.4, -0.2) is 10.2 Å². The van der Waals surface area contributed by atoms with Gasteiger partial charge in [0.15, 0.2) is 0 Å². The molecule has 1 aromatic heterocycles. The summed E-state index contributed by atoms with van der Waals surface area (Å²) < 4.78 is 0. The Labute approximate surface area is 150 Å². The van der Waals surface area contributed by atoms with Crippen LogP contribution in [0.3, 0.4) is 0 Å². The number of hydrogen-bond donors (Lipinski definition) is 0. The lowest BCUT2D eigenvalue weighted by atomic mass is 9.90. The third-order valence-electron chi connectivity index (χ3n) is 5.16. The minimum atomic E-state index is 0.660. The molecule has 2 aromatic rings. The van der Waals surface area contributed by atoms with Gasteiger partial charge in [0.25, 0.3) is 0 Å². The Hall–Kier alpha value is -1.22. The maximum atomic E-state index is 4.49. The zero-order valence-corrected chi connectivity index (χ0v) is 15.8. The van der Waals surface area contributed by atoms with Gasteiger partial charge in [-0.05, 0) is 31.2 Å². The molecule has 0 atom stereocenters. The second-order valence-corrected chi connectivity index (χ2v) is 8.15. The lowest BCUT2D eigenvalue weighted by Crippen LogP contribution is -2.03. The first-order chi connectivity index (χ1) is 11.9. The van der Waals surface area contributed by atoms with Crippen molar-refractivity contribution in [1.29, 1.82) is 0 Å². The predicted molar refractivity (Wildman–Crippen MR) is 104 cm³/mol. The second-order valence-electron chi connectivity index (χ2n) is 7.14. The van der Waals surface area contributed by atoms with E-state index in [4.69, 9.17) is 0 Å². The van der Waals surface area contributed by atoms with Gasteiger partial charge in [0.1, 0.15) is 10.0 Å². The van der Waals surface area contributed by atoms with Gasteiger partial charge < -0.3 is 0 Å². The van der Waals surface area contributed by atoms with Crippen LogP contribution in [0.25, 0.3) is 10.6 Å². The Morgan fingerprint density at radius 2 is 1.67 bits per heavy atom. The smallest absolute Gasteiger partial charge is 0.143 e. The fourth-order valence-corrected chi connectivity index (χ4v) is 4.63. The van der Waals surface area contributed by atoms with Crippen molar-refractivity contribution in [3.8, 4) is 10.6 Å². The number of unbranched alkanes of at least 4 members (excludes halogenated alkanes) is 4. The molecular formula is C21H30N2S. The molecule has 24 heavy (non-hydrogen) atoms. The molecule has 1 aliphatic carbocycles. The van der Waals surface area contributed by atoms with Crippen LogP contribution in [-0.2, 0) is 6.42 Å². The molecular weight excluding hydrogens is 312 g/mol. The molecule has 0 aliphatic heterocycles. The van der Waals surface area contributed by atoms with Gasteiger partial charge in [-0.3, -0.25) is 0 Å². The van der Waals surface area contributed by atoms with E-state index >= 15 is 0 Å². The lowest BCUT2D eigenvalue weighted by molar-refractivity contribution is 0.440. The predicted octanol–water partition coefficient (Wildman–Crippen LogP) is 6.77. The topological polar surface area (TPSA) is 25.8 Å². The van der Waals surface area contributed by atoms with Gasteiger partial charge in [-0.1, -0.05) is 87.5 Å². The van der Waals surface area contributed by atoms with Crippen molar-refractivity contribution in [1.82, 2.24) is 10.2 Å². The van der Waals surface area contributed by atoms with E-state index in [1.807, 2.05) is 0 Å². The van der Waals surface area contributed by atoms with Gasteiger partial charge in [-0.2, -0.15) is 0 Å². The minimum Gasteiger partial charge on any atom is -0.143 e. The SMILES string of the molecule is CCCCCCCc1ccc(-c2nnc(C3CCCCC3)s2)cc1. The van der Waals surface area contributed by atoms with Crippen LogP contribution in [0, 0.1) is 0 Å². The quantitative estimate of drug-likeness (QED) is 0.495. The molecule has 0 saturated heterocycles. The number of benzene rings is 1. The first kappa shape index (κ1) is 17.6. The highest BCUT2D eigenvalue weighted by atomic mass is 32.1. The standard InChI is InChI=1S/C21H30N2S/c1-2-3-4-5-7-10-17-13-15-19(16-14-17)21-23-22-20(24-21)18-11-8-6-9-12-18/h13-16,18H,2-12H2,1H3. The summed E-state index contributed by atoms with van der Waals surface area (Å²) in [7, 11) is 0. The van der Waals surface area contributed by atoms with Crippen molar-refractivity contribution in [3.05, 3.63) is 34.8 Å². The Kier molecular flexibility index (Phi) is 6.83. The maximum Gasteiger partial charge on any atom is 0.147 e. The highest BCUT2D eigenvalue weighted by Gasteiger charge is 2.19. The Bertz CT molecular complexity index is 597. The molecule has 1 fully saturated rings. The second kappa shape index (κ2) is 9.31. The normalized spacial score (nSPS) is 15.7. The lowest BCUT2D eigenvalue weighted by Gasteiger charge is -2.18. The molecule has 130 valence electrons. The summed E-state index contributed by atoms with van der Waals surface area (Å²) in [4.78, 5) is 0. The van der Waals surface area contributed by atoms with Crippen LogP contribution in [0.5, 0.6) is 0 Å². The van der Waals surface area contributed by atoms with Crippen LogP contribution in [0.15, 0.2) is 24.3 Å². The highest BCUT2D eigenvalue weighted by Crippen LogP contribution is 2.36. The van der Waals surface area contributed by atoms with E-state index in [0.29, 0.717) is 5.92 Å². The van der Waals surface area contributed by atoms with Gasteiger partial charge in [-0.15, -0.1) is 10.2 Å². The summed E-state index contributed by atoms with van der Waals surface area (Å²) in [6.45, 7) is 2.27. The summed E-state index contributed by atoms with van der Waals surface area (Å²) in [5, 5.41) is 11.3. The molecule has 0 N–H and O–H groups in total. The summed E-state index contributed by atoms with van der Waals surface area (Å²) in [5.41, 5.74) is 2.68. The van der Waals surface area contributed by atoms with Crippen molar-refractivity contribution in [2.45, 2.75) is 83.5 Å². The Morgan fingerprint density at radius 3 is 2.42 bits per heavy atom. The molecule has 1 heterocycles. The van der Waals surface area contributed by atoms with E-state index in [-0.39, 0.29) is 0 Å². The number of aryl methyl sites for hydroxylation is 1. The highest BCUT2D eigenvalue weighted by molar-refractivity contribution is 7.14. The molecule has 3 rings (SSSR count). The van der Waals surface area contributed by atoms with Gasteiger partial charge in [-0.25, -0.2) is 0 Å². The first-order valence-corrected chi connectivity index (χ1v) is 10.6. The molecule has 1 saturated carbocycles. The molecule has 1 aliphatic rings. The number of nitrogens with zero attached hydrogens (tertiary/aromatic N) is 2. The van der Waals surface area contributed by atoms with E-state index < -0.39 is 0 Å². The number of aromatic nitrogens is 2. The third kappa shape index (κ3) is 4.89. The van der Waals surface area contributed by atoms with Gasteiger partial charge in [0.2, 0.25) is 0 Å².